The standard InChI is InChI=1S/C12H14O2/c1-3-10(9-13)8-11-6-4-5-7-12(11)14-2/h4-9H,3H2,1-2H3/b10-8+. The summed E-state index contributed by atoms with van der Waals surface area (Å²) < 4.78 is 5.17. The predicted molar refractivity (Wildman–Crippen MR) is 57.3 cm³/mol. The zero-order chi connectivity index (χ0) is 10.4. The maximum atomic E-state index is 10.6. The minimum atomic E-state index is 0.738. The molecule has 0 spiro atoms. The Morgan fingerprint density at radius 3 is 2.71 bits per heavy atom. The zero-order valence-electron chi connectivity index (χ0n) is 8.49. The van der Waals surface area contributed by atoms with Crippen molar-refractivity contribution in [2.24, 2.45) is 0 Å². The molecule has 0 unspecified atom stereocenters. The molecule has 0 aliphatic carbocycles. The van der Waals surface area contributed by atoms with Crippen LogP contribution in [-0.4, -0.2) is 13.4 Å². The molecule has 1 rings (SSSR count). The minimum absolute atomic E-state index is 0.738. The van der Waals surface area contributed by atoms with E-state index in [0.717, 1.165) is 29.6 Å². The largest absolute Gasteiger partial charge is 0.496 e. The molecule has 0 aromatic heterocycles. The molecule has 0 aliphatic rings. The van der Waals surface area contributed by atoms with Gasteiger partial charge in [-0.15, -0.1) is 0 Å². The van der Waals surface area contributed by atoms with Gasteiger partial charge in [0.15, 0.2) is 0 Å². The maximum Gasteiger partial charge on any atom is 0.146 e. The molecule has 1 aromatic carbocycles. The number of rotatable bonds is 4. The number of methoxy groups -OCH3 is 1. The summed E-state index contributed by atoms with van der Waals surface area (Å²) in [7, 11) is 1.62. The van der Waals surface area contributed by atoms with Crippen molar-refractivity contribution in [3.63, 3.8) is 0 Å². The molecule has 14 heavy (non-hydrogen) atoms. The summed E-state index contributed by atoms with van der Waals surface area (Å²) >= 11 is 0. The van der Waals surface area contributed by atoms with Crippen molar-refractivity contribution >= 4 is 12.4 Å². The molecular weight excluding hydrogens is 176 g/mol. The van der Waals surface area contributed by atoms with Crippen LogP contribution in [0, 0.1) is 0 Å². The number of hydrogen-bond donors (Lipinski definition) is 0. The lowest BCUT2D eigenvalue weighted by atomic mass is 10.1. The van der Waals surface area contributed by atoms with Crippen molar-refractivity contribution in [3.05, 3.63) is 35.4 Å². The molecule has 0 amide bonds. The third kappa shape index (κ3) is 2.46. The maximum absolute atomic E-state index is 10.6. The minimum Gasteiger partial charge on any atom is -0.496 e. The van der Waals surface area contributed by atoms with Gasteiger partial charge in [0.2, 0.25) is 0 Å². The van der Waals surface area contributed by atoms with E-state index in [2.05, 4.69) is 0 Å². The van der Waals surface area contributed by atoms with Crippen LogP contribution in [-0.2, 0) is 4.79 Å². The van der Waals surface area contributed by atoms with Crippen LogP contribution >= 0.6 is 0 Å². The summed E-state index contributed by atoms with van der Waals surface area (Å²) in [5.41, 5.74) is 1.72. The molecule has 0 heterocycles. The van der Waals surface area contributed by atoms with E-state index in [9.17, 15) is 4.79 Å². The van der Waals surface area contributed by atoms with Gasteiger partial charge >= 0.3 is 0 Å². The van der Waals surface area contributed by atoms with Gasteiger partial charge in [-0.05, 0) is 24.1 Å². The summed E-state index contributed by atoms with van der Waals surface area (Å²) in [6.45, 7) is 1.95. The van der Waals surface area contributed by atoms with Crippen LogP contribution < -0.4 is 4.74 Å². The quantitative estimate of drug-likeness (QED) is 0.539. The fourth-order valence-electron chi connectivity index (χ4n) is 1.20. The molecule has 1 aromatic rings. The Labute approximate surface area is 84.2 Å². The molecule has 0 aliphatic heterocycles. The first-order chi connectivity index (χ1) is 6.81. The first-order valence-corrected chi connectivity index (χ1v) is 4.60. The molecule has 2 nitrogen and oxygen atoms in total. The van der Waals surface area contributed by atoms with E-state index in [1.165, 1.54) is 0 Å². The number of aldehydes is 1. The number of allylic oxidation sites excluding steroid dienone is 1. The van der Waals surface area contributed by atoms with Gasteiger partial charge in [-0.25, -0.2) is 0 Å². The van der Waals surface area contributed by atoms with Gasteiger partial charge < -0.3 is 4.74 Å². The summed E-state index contributed by atoms with van der Waals surface area (Å²) in [5.74, 6) is 0.792. The Balaban J connectivity index is 3.05. The summed E-state index contributed by atoms with van der Waals surface area (Å²) in [4.78, 5) is 10.6. The summed E-state index contributed by atoms with van der Waals surface area (Å²) in [5, 5.41) is 0. The lowest BCUT2D eigenvalue weighted by molar-refractivity contribution is -0.104. The van der Waals surface area contributed by atoms with E-state index in [1.807, 2.05) is 37.3 Å². The third-order valence-corrected chi connectivity index (χ3v) is 2.04. The molecule has 0 bridgehead atoms. The van der Waals surface area contributed by atoms with Crippen molar-refractivity contribution in [2.75, 3.05) is 7.11 Å². The smallest absolute Gasteiger partial charge is 0.146 e. The van der Waals surface area contributed by atoms with Gasteiger partial charge in [0.25, 0.3) is 0 Å². The Bertz CT molecular complexity index is 340. The van der Waals surface area contributed by atoms with E-state index < -0.39 is 0 Å². The Morgan fingerprint density at radius 1 is 1.43 bits per heavy atom. The van der Waals surface area contributed by atoms with Gasteiger partial charge in [0, 0.05) is 5.56 Å². The van der Waals surface area contributed by atoms with Crippen molar-refractivity contribution in [2.45, 2.75) is 13.3 Å². The topological polar surface area (TPSA) is 26.3 Å². The van der Waals surface area contributed by atoms with Crippen LogP contribution in [0.3, 0.4) is 0 Å². The average molecular weight is 190 g/mol. The first kappa shape index (κ1) is 10.5. The molecule has 0 fully saturated rings. The Hall–Kier alpha value is -1.57. The van der Waals surface area contributed by atoms with Gasteiger partial charge in [0.1, 0.15) is 12.0 Å². The highest BCUT2D eigenvalue weighted by molar-refractivity contribution is 5.82. The lowest BCUT2D eigenvalue weighted by Crippen LogP contribution is -1.88. The molecule has 0 N–H and O–H groups in total. The second-order valence-corrected chi connectivity index (χ2v) is 2.93. The van der Waals surface area contributed by atoms with Crippen LogP contribution in [0.2, 0.25) is 0 Å². The molecule has 74 valence electrons. The van der Waals surface area contributed by atoms with Gasteiger partial charge in [0.05, 0.1) is 7.11 Å². The molecular formula is C12H14O2. The van der Waals surface area contributed by atoms with E-state index >= 15 is 0 Å². The van der Waals surface area contributed by atoms with Crippen LogP contribution in [0.4, 0.5) is 0 Å². The third-order valence-electron chi connectivity index (χ3n) is 2.04. The van der Waals surface area contributed by atoms with Crippen LogP contribution in [0.1, 0.15) is 18.9 Å². The molecule has 0 radical (unpaired) electrons. The highest BCUT2D eigenvalue weighted by Crippen LogP contribution is 2.20. The van der Waals surface area contributed by atoms with Crippen molar-refractivity contribution in [1.82, 2.24) is 0 Å². The Morgan fingerprint density at radius 2 is 2.14 bits per heavy atom. The Kier molecular flexibility index (Phi) is 3.92. The van der Waals surface area contributed by atoms with E-state index in [1.54, 1.807) is 7.11 Å². The molecule has 0 atom stereocenters. The normalized spacial score (nSPS) is 11.1. The monoisotopic (exact) mass is 190 g/mol. The van der Waals surface area contributed by atoms with E-state index in [4.69, 9.17) is 4.74 Å². The number of carbonyl (C=O) groups is 1. The second kappa shape index (κ2) is 5.22. The fraction of sp³-hybridized carbons (Fsp3) is 0.250. The number of ether oxygens (including phenoxy) is 1. The van der Waals surface area contributed by atoms with Gasteiger partial charge in [-0.3, -0.25) is 4.79 Å². The predicted octanol–water partition coefficient (Wildman–Crippen LogP) is 2.69. The number of benzene rings is 1. The number of para-hydroxylation sites is 1. The molecule has 0 saturated heterocycles. The second-order valence-electron chi connectivity index (χ2n) is 2.93. The highest BCUT2D eigenvalue weighted by atomic mass is 16.5. The van der Waals surface area contributed by atoms with Crippen LogP contribution in [0.25, 0.3) is 6.08 Å². The lowest BCUT2D eigenvalue weighted by Gasteiger charge is -2.04. The van der Waals surface area contributed by atoms with Crippen LogP contribution in [0.15, 0.2) is 29.8 Å². The molecule has 0 saturated carbocycles. The number of hydrogen-bond acceptors (Lipinski definition) is 2. The zero-order valence-corrected chi connectivity index (χ0v) is 8.49. The van der Waals surface area contributed by atoms with Gasteiger partial charge in [-0.1, -0.05) is 25.1 Å². The number of carbonyl (C=O) groups excluding carboxylic acids is 1. The van der Waals surface area contributed by atoms with Crippen LogP contribution in [0.5, 0.6) is 5.75 Å². The van der Waals surface area contributed by atoms with Gasteiger partial charge in [-0.2, -0.15) is 0 Å². The molecule has 2 heteroatoms. The fourth-order valence-corrected chi connectivity index (χ4v) is 1.20. The first-order valence-electron chi connectivity index (χ1n) is 4.60. The SMILES string of the molecule is CC/C(C=O)=C\c1ccccc1OC. The van der Waals surface area contributed by atoms with E-state index in [-0.39, 0.29) is 0 Å². The van der Waals surface area contributed by atoms with Crippen molar-refractivity contribution in [3.8, 4) is 5.75 Å². The summed E-state index contributed by atoms with van der Waals surface area (Å²) in [6, 6.07) is 7.64. The van der Waals surface area contributed by atoms with Crippen molar-refractivity contribution in [1.29, 1.82) is 0 Å². The van der Waals surface area contributed by atoms with Crippen molar-refractivity contribution < 1.29 is 9.53 Å². The average Bonchev–Trinajstić information content (AvgIpc) is 2.26. The highest BCUT2D eigenvalue weighted by Gasteiger charge is 1.99. The van der Waals surface area contributed by atoms with E-state index in [0.29, 0.717) is 0 Å². The summed E-state index contributed by atoms with van der Waals surface area (Å²) in [6.07, 6.45) is 3.47.